The van der Waals surface area contributed by atoms with Crippen molar-refractivity contribution in [3.05, 3.63) is 73.1 Å². The second-order valence-corrected chi connectivity index (χ2v) is 14.9. The first kappa shape index (κ1) is 40.6. The molecule has 1 saturated carbocycles. The van der Waals surface area contributed by atoms with Gasteiger partial charge in [0.25, 0.3) is 0 Å². The summed E-state index contributed by atoms with van der Waals surface area (Å²) >= 11 is 0. The number of carbonyl (C=O) groups is 3. The number of carbonyl (C=O) groups excluding carboxylic acids is 3. The minimum Gasteiger partial charge on any atom is -0.379 e. The van der Waals surface area contributed by atoms with Gasteiger partial charge in [-0.2, -0.15) is 0 Å². The summed E-state index contributed by atoms with van der Waals surface area (Å²) in [4.78, 5) is 42.8. The van der Waals surface area contributed by atoms with Gasteiger partial charge in [-0.3, -0.25) is 9.59 Å². The van der Waals surface area contributed by atoms with Gasteiger partial charge in [0, 0.05) is 30.7 Å². The van der Waals surface area contributed by atoms with Gasteiger partial charge >= 0.3 is 6.03 Å². The number of nitrogens with one attached hydrogen (secondary N) is 4. The molecule has 0 bridgehead atoms. The first-order valence-electron chi connectivity index (χ1n) is 18.1. The predicted octanol–water partition coefficient (Wildman–Crippen LogP) is 7.31. The third-order valence-corrected chi connectivity index (χ3v) is 9.35. The molecule has 268 valence electrons. The fourth-order valence-electron chi connectivity index (χ4n) is 6.82. The molecule has 3 rings (SSSR count). The summed E-state index contributed by atoms with van der Waals surface area (Å²) in [6, 6.07) is 8.52. The predicted molar refractivity (Wildman–Crippen MR) is 199 cm³/mol. The largest absolute Gasteiger partial charge is 0.379 e. The van der Waals surface area contributed by atoms with Crippen molar-refractivity contribution in [2.24, 2.45) is 23.2 Å². The second-order valence-electron chi connectivity index (χ2n) is 14.9. The fraction of sp³-hybridized carbons (Fsp3) is 0.625. The van der Waals surface area contributed by atoms with Crippen LogP contribution in [0.25, 0.3) is 0 Å². The van der Waals surface area contributed by atoms with Gasteiger partial charge in [0.2, 0.25) is 5.91 Å². The van der Waals surface area contributed by atoms with Crippen molar-refractivity contribution in [3.8, 4) is 0 Å². The Labute approximate surface area is 291 Å². The lowest BCUT2D eigenvalue weighted by Crippen LogP contribution is -2.57. The summed E-state index contributed by atoms with van der Waals surface area (Å²) in [6.07, 6.45) is 6.05. The zero-order valence-corrected chi connectivity index (χ0v) is 31.3. The van der Waals surface area contributed by atoms with Crippen molar-refractivity contribution in [1.82, 2.24) is 26.2 Å². The molecule has 5 unspecified atom stereocenters. The smallest absolute Gasteiger partial charge is 0.315 e. The topological polar surface area (TPSA) is 103 Å². The molecule has 2 fully saturated rings. The molecular formula is C40H65N5O3. The summed E-state index contributed by atoms with van der Waals surface area (Å²) in [5.74, 6) is 0.617. The summed E-state index contributed by atoms with van der Waals surface area (Å²) in [5, 5.41) is 12.6. The summed E-state index contributed by atoms with van der Waals surface area (Å²) in [7, 11) is 0. The van der Waals surface area contributed by atoms with E-state index in [1.165, 1.54) is 12.0 Å². The lowest BCUT2D eigenvalue weighted by Gasteiger charge is -2.41. The fourth-order valence-corrected chi connectivity index (χ4v) is 6.82. The third kappa shape index (κ3) is 11.0. The van der Waals surface area contributed by atoms with Crippen LogP contribution in [0.4, 0.5) is 4.79 Å². The molecule has 7 atom stereocenters. The highest BCUT2D eigenvalue weighted by Crippen LogP contribution is 2.51. The zero-order chi connectivity index (χ0) is 36.2. The van der Waals surface area contributed by atoms with Gasteiger partial charge in [0.05, 0.1) is 17.8 Å². The summed E-state index contributed by atoms with van der Waals surface area (Å²) in [5.41, 5.74) is 1.83. The molecule has 1 heterocycles. The second kappa shape index (κ2) is 18.8. The van der Waals surface area contributed by atoms with Crippen molar-refractivity contribution in [2.45, 2.75) is 125 Å². The molecule has 0 aromatic heterocycles. The molecule has 1 aromatic rings. The van der Waals surface area contributed by atoms with E-state index in [1.54, 1.807) is 6.08 Å². The molecule has 1 aliphatic carbocycles. The maximum atomic E-state index is 13.9. The van der Waals surface area contributed by atoms with Crippen LogP contribution in [0.5, 0.6) is 0 Å². The maximum absolute atomic E-state index is 13.9. The van der Waals surface area contributed by atoms with Gasteiger partial charge in [-0.25, -0.2) is 4.79 Å². The van der Waals surface area contributed by atoms with Crippen LogP contribution in [0, 0.1) is 23.2 Å². The lowest BCUT2D eigenvalue weighted by molar-refractivity contribution is -0.129. The SMILES string of the molecule is C=CCNC(=C)C(=O)C(CCC)NC(=O)C1[C@H]2C[C@H]2CN1C(=C)C(NC(=O)NC(C(C)C)C(CC)c1ccccc1)C(C)(C)C.CCC. The highest BCUT2D eigenvalue weighted by molar-refractivity contribution is 6.01. The molecular weight excluding hydrogens is 598 g/mol. The monoisotopic (exact) mass is 664 g/mol. The van der Waals surface area contributed by atoms with Crippen LogP contribution in [-0.4, -0.2) is 59.9 Å². The van der Waals surface area contributed by atoms with Crippen LogP contribution in [0.1, 0.15) is 106 Å². The van der Waals surface area contributed by atoms with Gasteiger partial charge in [0.15, 0.2) is 5.78 Å². The van der Waals surface area contributed by atoms with E-state index < -0.39 is 18.1 Å². The zero-order valence-electron chi connectivity index (χ0n) is 31.3. The lowest BCUT2D eigenvalue weighted by atomic mass is 9.83. The van der Waals surface area contributed by atoms with Crippen LogP contribution in [-0.2, 0) is 9.59 Å². The number of nitrogens with zero attached hydrogens (tertiary/aromatic N) is 1. The van der Waals surface area contributed by atoms with E-state index in [0.717, 1.165) is 25.0 Å². The Balaban J connectivity index is 0.00000257. The van der Waals surface area contributed by atoms with Gasteiger partial charge in [-0.05, 0) is 48.0 Å². The first-order chi connectivity index (χ1) is 22.7. The van der Waals surface area contributed by atoms with Gasteiger partial charge < -0.3 is 26.2 Å². The Morgan fingerprint density at radius 1 is 1.00 bits per heavy atom. The van der Waals surface area contributed by atoms with Crippen molar-refractivity contribution in [1.29, 1.82) is 0 Å². The van der Waals surface area contributed by atoms with Crippen molar-refractivity contribution >= 4 is 17.7 Å². The van der Waals surface area contributed by atoms with Gasteiger partial charge in [-0.15, -0.1) is 6.58 Å². The van der Waals surface area contributed by atoms with Crippen LogP contribution >= 0.6 is 0 Å². The Bertz CT molecular complexity index is 1240. The van der Waals surface area contributed by atoms with Crippen LogP contribution in [0.2, 0.25) is 0 Å². The number of rotatable bonds is 17. The van der Waals surface area contributed by atoms with Crippen LogP contribution in [0.15, 0.2) is 67.5 Å². The molecule has 0 radical (unpaired) electrons. The molecule has 48 heavy (non-hydrogen) atoms. The molecule has 1 aromatic carbocycles. The number of amides is 3. The number of hydrogen-bond acceptors (Lipinski definition) is 5. The van der Waals surface area contributed by atoms with E-state index in [-0.39, 0.29) is 52.6 Å². The highest BCUT2D eigenvalue weighted by Gasteiger charge is 2.57. The maximum Gasteiger partial charge on any atom is 0.315 e. The molecule has 1 saturated heterocycles. The van der Waals surface area contributed by atoms with E-state index in [2.05, 4.69) is 113 Å². The molecule has 8 nitrogen and oxygen atoms in total. The average Bonchev–Trinajstić information content (AvgIpc) is 3.70. The molecule has 2 aliphatic rings. The third-order valence-electron chi connectivity index (χ3n) is 9.35. The number of piperidine rings is 1. The number of hydrogen-bond donors (Lipinski definition) is 4. The van der Waals surface area contributed by atoms with Crippen LogP contribution < -0.4 is 21.3 Å². The first-order valence-corrected chi connectivity index (χ1v) is 18.1. The molecule has 1 aliphatic heterocycles. The van der Waals surface area contributed by atoms with E-state index in [0.29, 0.717) is 25.4 Å². The number of ketones is 1. The quantitative estimate of drug-likeness (QED) is 0.103. The summed E-state index contributed by atoms with van der Waals surface area (Å²) < 4.78 is 0. The van der Waals surface area contributed by atoms with Crippen LogP contribution in [0.3, 0.4) is 0 Å². The number of urea groups is 1. The normalized spacial score (nSPS) is 20.5. The standard InChI is InChI=1S/C37H57N5O3.C3H8/c1-11-17-30(33(43)24(6)38-20-12-2)39-35(44)32-29-21-27(29)22-42(32)25(7)34(37(8,9)10)41-36(45)40-31(23(4)5)28(13-3)26-18-15-14-16-19-26;1-3-2/h12,14-16,18-19,23,27-32,34,38H,2,6-7,11,13,17,20-22H2,1,3-5,8-10H3,(H,39,44)(H2,40,41,45);3H2,1-2H3/t27-,28?,29-,30?,31?,32?,34?;/m0./s1. The minimum atomic E-state index is -0.661. The Morgan fingerprint density at radius 3 is 2.15 bits per heavy atom. The minimum absolute atomic E-state index is 0.0620. The number of fused-ring (bicyclic) bond motifs is 1. The Morgan fingerprint density at radius 2 is 1.62 bits per heavy atom. The van der Waals surface area contributed by atoms with Gasteiger partial charge in [0.1, 0.15) is 6.04 Å². The molecule has 4 N–H and O–H groups in total. The Hall–Kier alpha value is -3.55. The van der Waals surface area contributed by atoms with Crippen molar-refractivity contribution < 1.29 is 14.4 Å². The molecule has 3 amide bonds. The number of benzene rings is 1. The average molecular weight is 664 g/mol. The van der Waals surface area contributed by atoms with E-state index >= 15 is 0 Å². The van der Waals surface area contributed by atoms with E-state index in [1.807, 2.05) is 25.1 Å². The van der Waals surface area contributed by atoms with Crippen molar-refractivity contribution in [3.63, 3.8) is 0 Å². The van der Waals surface area contributed by atoms with Crippen molar-refractivity contribution in [2.75, 3.05) is 13.1 Å². The summed E-state index contributed by atoms with van der Waals surface area (Å²) in [6.45, 7) is 32.1. The number of likely N-dealkylation sites (tertiary alicyclic amines) is 1. The number of Topliss-reactive ketones (excluding diaryl/α,β-unsaturated/α-hetero) is 1. The molecule has 0 spiro atoms. The van der Waals surface area contributed by atoms with E-state index in [9.17, 15) is 14.4 Å². The highest BCUT2D eigenvalue weighted by atomic mass is 16.2. The Kier molecular flexibility index (Phi) is 16.0. The van der Waals surface area contributed by atoms with E-state index in [4.69, 9.17) is 0 Å². The molecule has 8 heteroatoms. The van der Waals surface area contributed by atoms with Gasteiger partial charge in [-0.1, -0.05) is 125 Å².